The monoisotopic (exact) mass is 325 g/mol. The van der Waals surface area contributed by atoms with Gasteiger partial charge in [0, 0.05) is 12.2 Å². The van der Waals surface area contributed by atoms with Gasteiger partial charge in [0.1, 0.15) is 0 Å². The molecule has 2 rings (SSSR count). The van der Waals surface area contributed by atoms with Crippen molar-refractivity contribution in [1.82, 2.24) is 9.78 Å². The minimum atomic E-state index is -4.39. The second kappa shape index (κ2) is 6.35. The van der Waals surface area contributed by atoms with E-state index >= 15 is 0 Å². The number of nitrogens with zero attached hydrogens (tertiary/aromatic N) is 2. The van der Waals surface area contributed by atoms with Crippen molar-refractivity contribution in [2.45, 2.75) is 46.3 Å². The lowest BCUT2D eigenvalue weighted by Gasteiger charge is -2.18. The summed E-state index contributed by atoms with van der Waals surface area (Å²) < 4.78 is 39.5. The first-order valence-corrected chi connectivity index (χ1v) is 7.58. The largest absolute Gasteiger partial charge is 0.419 e. The van der Waals surface area contributed by atoms with E-state index in [-0.39, 0.29) is 6.04 Å². The fraction of sp³-hybridized carbons (Fsp3) is 0.471. The van der Waals surface area contributed by atoms with Crippen LogP contribution >= 0.6 is 0 Å². The molecule has 3 nitrogen and oxygen atoms in total. The van der Waals surface area contributed by atoms with E-state index in [0.717, 1.165) is 35.5 Å². The quantitative estimate of drug-likeness (QED) is 0.896. The van der Waals surface area contributed by atoms with Gasteiger partial charge >= 0.3 is 6.18 Å². The normalized spacial score (nSPS) is 13.6. The van der Waals surface area contributed by atoms with Crippen molar-refractivity contribution in [2.24, 2.45) is 11.7 Å². The van der Waals surface area contributed by atoms with Crippen molar-refractivity contribution in [3.8, 4) is 5.69 Å². The van der Waals surface area contributed by atoms with E-state index in [2.05, 4.69) is 18.9 Å². The van der Waals surface area contributed by atoms with Crippen LogP contribution in [-0.2, 0) is 6.18 Å². The van der Waals surface area contributed by atoms with E-state index in [1.807, 2.05) is 26.0 Å². The summed E-state index contributed by atoms with van der Waals surface area (Å²) in [6, 6.07) is 3.79. The molecule has 0 bridgehead atoms. The first kappa shape index (κ1) is 17.5. The summed E-state index contributed by atoms with van der Waals surface area (Å²) >= 11 is 0. The number of aromatic nitrogens is 2. The highest BCUT2D eigenvalue weighted by molar-refractivity contribution is 5.49. The number of benzene rings is 1. The van der Waals surface area contributed by atoms with Crippen molar-refractivity contribution in [1.29, 1.82) is 0 Å². The maximum absolute atomic E-state index is 12.7. The Morgan fingerprint density at radius 1 is 1.17 bits per heavy atom. The van der Waals surface area contributed by atoms with E-state index in [1.54, 1.807) is 0 Å². The smallest absolute Gasteiger partial charge is 0.324 e. The maximum atomic E-state index is 12.7. The first-order chi connectivity index (χ1) is 10.6. The Morgan fingerprint density at radius 2 is 1.74 bits per heavy atom. The Hall–Kier alpha value is -1.82. The number of aryl methyl sites for hydroxylation is 2. The number of hydrogen-bond acceptors (Lipinski definition) is 2. The minimum Gasteiger partial charge on any atom is -0.324 e. The highest BCUT2D eigenvalue weighted by Crippen LogP contribution is 2.31. The molecule has 1 atom stereocenters. The molecule has 0 spiro atoms. The Bertz CT molecular complexity index is 664. The van der Waals surface area contributed by atoms with E-state index < -0.39 is 11.7 Å². The van der Waals surface area contributed by atoms with Crippen LogP contribution < -0.4 is 5.73 Å². The molecule has 1 heterocycles. The summed E-state index contributed by atoms with van der Waals surface area (Å²) in [7, 11) is 0. The molecule has 0 aliphatic heterocycles. The van der Waals surface area contributed by atoms with Crippen LogP contribution in [0.5, 0.6) is 0 Å². The molecule has 0 amide bonds. The molecule has 1 aromatic carbocycles. The van der Waals surface area contributed by atoms with Crippen LogP contribution in [-0.4, -0.2) is 9.78 Å². The van der Waals surface area contributed by atoms with Gasteiger partial charge in [-0.1, -0.05) is 26.0 Å². The lowest BCUT2D eigenvalue weighted by Crippen LogP contribution is -2.14. The molecule has 0 fully saturated rings. The third-order valence-corrected chi connectivity index (χ3v) is 3.81. The van der Waals surface area contributed by atoms with Crippen LogP contribution in [0.1, 0.15) is 48.6 Å². The standard InChI is InChI=1S/C17H22F3N3/c1-10(2)5-15(21)13-6-11(3)16(12(4)7-13)23-9-14(8-22-23)17(18,19)20/h6-10,15H,5,21H2,1-4H3/t15-/m1/s1. The van der Waals surface area contributed by atoms with Gasteiger partial charge in [-0.3, -0.25) is 0 Å². The molecule has 0 aliphatic rings. The number of hydrogen-bond donors (Lipinski definition) is 1. The van der Waals surface area contributed by atoms with Gasteiger partial charge in [-0.15, -0.1) is 0 Å². The van der Waals surface area contributed by atoms with Gasteiger partial charge in [-0.05, 0) is 42.9 Å². The lowest BCUT2D eigenvalue weighted by molar-refractivity contribution is -0.137. The molecule has 0 aliphatic carbocycles. The minimum absolute atomic E-state index is 0.0789. The Labute approximate surface area is 134 Å². The number of nitrogens with two attached hydrogens (primary N) is 1. The average Bonchev–Trinajstić information content (AvgIpc) is 2.86. The first-order valence-electron chi connectivity index (χ1n) is 7.58. The molecule has 0 radical (unpaired) electrons. The maximum Gasteiger partial charge on any atom is 0.419 e. The summed E-state index contributed by atoms with van der Waals surface area (Å²) in [5.74, 6) is 0.478. The lowest BCUT2D eigenvalue weighted by atomic mass is 9.94. The molecule has 1 aromatic heterocycles. The fourth-order valence-electron chi connectivity index (χ4n) is 2.80. The van der Waals surface area contributed by atoms with Crippen LogP contribution in [0.15, 0.2) is 24.5 Å². The van der Waals surface area contributed by atoms with Gasteiger partial charge in [-0.25, -0.2) is 4.68 Å². The predicted molar refractivity (Wildman–Crippen MR) is 84.4 cm³/mol. The van der Waals surface area contributed by atoms with Crippen LogP contribution in [0.25, 0.3) is 5.69 Å². The van der Waals surface area contributed by atoms with Crippen LogP contribution in [0.2, 0.25) is 0 Å². The summed E-state index contributed by atoms with van der Waals surface area (Å²) in [5.41, 5.74) is 8.84. The van der Waals surface area contributed by atoms with Crippen LogP contribution in [0, 0.1) is 19.8 Å². The molecular weight excluding hydrogens is 303 g/mol. The number of rotatable bonds is 4. The molecular formula is C17H22F3N3. The van der Waals surface area contributed by atoms with Crippen LogP contribution in [0.3, 0.4) is 0 Å². The summed E-state index contributed by atoms with van der Waals surface area (Å²) in [5, 5.41) is 3.86. The second-order valence-electron chi connectivity index (χ2n) is 6.41. The Kier molecular flexibility index (Phi) is 4.84. The molecule has 0 unspecified atom stereocenters. The Balaban J connectivity index is 2.39. The predicted octanol–water partition coefficient (Wildman–Crippen LogP) is 4.55. The zero-order chi connectivity index (χ0) is 17.4. The van der Waals surface area contributed by atoms with E-state index in [0.29, 0.717) is 11.6 Å². The zero-order valence-electron chi connectivity index (χ0n) is 13.8. The third kappa shape index (κ3) is 3.93. The van der Waals surface area contributed by atoms with Gasteiger partial charge < -0.3 is 5.73 Å². The average molecular weight is 325 g/mol. The summed E-state index contributed by atoms with van der Waals surface area (Å²) in [6.45, 7) is 7.94. The second-order valence-corrected chi connectivity index (χ2v) is 6.41. The molecule has 126 valence electrons. The number of alkyl halides is 3. The van der Waals surface area contributed by atoms with Gasteiger partial charge in [0.2, 0.25) is 0 Å². The highest BCUT2D eigenvalue weighted by Gasteiger charge is 2.32. The summed E-state index contributed by atoms with van der Waals surface area (Å²) in [4.78, 5) is 0. The zero-order valence-corrected chi connectivity index (χ0v) is 13.8. The molecule has 2 aromatic rings. The van der Waals surface area contributed by atoms with Crippen molar-refractivity contribution in [3.63, 3.8) is 0 Å². The van der Waals surface area contributed by atoms with Gasteiger partial charge in [-0.2, -0.15) is 18.3 Å². The van der Waals surface area contributed by atoms with Crippen molar-refractivity contribution in [2.75, 3.05) is 0 Å². The van der Waals surface area contributed by atoms with Crippen LogP contribution in [0.4, 0.5) is 13.2 Å². The van der Waals surface area contributed by atoms with E-state index in [9.17, 15) is 13.2 Å². The van der Waals surface area contributed by atoms with E-state index in [1.165, 1.54) is 4.68 Å². The molecule has 23 heavy (non-hydrogen) atoms. The highest BCUT2D eigenvalue weighted by atomic mass is 19.4. The van der Waals surface area contributed by atoms with Gasteiger partial charge in [0.25, 0.3) is 0 Å². The van der Waals surface area contributed by atoms with Gasteiger partial charge in [0.15, 0.2) is 0 Å². The molecule has 0 saturated heterocycles. The van der Waals surface area contributed by atoms with Gasteiger partial charge in [0.05, 0.1) is 17.4 Å². The molecule has 2 N–H and O–H groups in total. The van der Waals surface area contributed by atoms with Crippen molar-refractivity contribution < 1.29 is 13.2 Å². The molecule has 6 heteroatoms. The summed E-state index contributed by atoms with van der Waals surface area (Å²) in [6.07, 6.45) is -1.67. The van der Waals surface area contributed by atoms with Crippen molar-refractivity contribution >= 4 is 0 Å². The third-order valence-electron chi connectivity index (χ3n) is 3.81. The SMILES string of the molecule is Cc1cc([C@H](N)CC(C)C)cc(C)c1-n1cc(C(F)(F)F)cn1. The molecule has 0 saturated carbocycles. The topological polar surface area (TPSA) is 43.8 Å². The van der Waals surface area contributed by atoms with E-state index in [4.69, 9.17) is 5.73 Å². The van der Waals surface area contributed by atoms with Crippen molar-refractivity contribution in [3.05, 3.63) is 46.8 Å². The Morgan fingerprint density at radius 3 is 2.17 bits per heavy atom. The number of halogens is 3. The fourth-order valence-corrected chi connectivity index (χ4v) is 2.80.